The van der Waals surface area contributed by atoms with E-state index in [-0.39, 0.29) is 30.8 Å². The number of rotatable bonds is 9. The monoisotopic (exact) mass is 453 g/mol. The number of anilines is 1. The number of nitrogens with zero attached hydrogens (tertiary/aromatic N) is 3. The van der Waals surface area contributed by atoms with Crippen LogP contribution in [0.1, 0.15) is 41.9 Å². The number of aryl methyl sites for hydroxylation is 1. The lowest BCUT2D eigenvalue weighted by atomic mass is 10.2. The van der Waals surface area contributed by atoms with Gasteiger partial charge in [-0.15, -0.1) is 11.3 Å². The number of ether oxygens (including phenoxy) is 1. The SMILES string of the molecule is Cc1ccc(OCc2nc(CC(=O)Nc3cnn(CC(=O)NC4CCCC4)c3)cs2)cc1. The molecule has 2 aromatic heterocycles. The van der Waals surface area contributed by atoms with Crippen molar-refractivity contribution in [2.24, 2.45) is 0 Å². The molecular formula is C23H27N5O3S. The summed E-state index contributed by atoms with van der Waals surface area (Å²) in [6.45, 7) is 2.54. The van der Waals surface area contributed by atoms with Gasteiger partial charge in [-0.25, -0.2) is 4.98 Å². The third-order valence-electron chi connectivity index (χ3n) is 5.27. The van der Waals surface area contributed by atoms with Crippen LogP contribution >= 0.6 is 11.3 Å². The molecule has 8 nitrogen and oxygen atoms in total. The van der Waals surface area contributed by atoms with E-state index < -0.39 is 0 Å². The van der Waals surface area contributed by atoms with E-state index in [2.05, 4.69) is 20.7 Å². The van der Waals surface area contributed by atoms with Crippen molar-refractivity contribution in [1.29, 1.82) is 0 Å². The molecule has 1 aliphatic rings. The van der Waals surface area contributed by atoms with Crippen LogP contribution in [0, 0.1) is 6.92 Å². The van der Waals surface area contributed by atoms with Crippen molar-refractivity contribution in [3.63, 3.8) is 0 Å². The smallest absolute Gasteiger partial charge is 0.241 e. The summed E-state index contributed by atoms with van der Waals surface area (Å²) in [4.78, 5) is 29.0. The predicted octanol–water partition coefficient (Wildman–Crippen LogP) is 3.47. The maximum Gasteiger partial charge on any atom is 0.241 e. The minimum Gasteiger partial charge on any atom is -0.486 e. The van der Waals surface area contributed by atoms with Crippen LogP contribution in [0.25, 0.3) is 0 Å². The summed E-state index contributed by atoms with van der Waals surface area (Å²) in [7, 11) is 0. The summed E-state index contributed by atoms with van der Waals surface area (Å²) in [5, 5.41) is 12.7. The summed E-state index contributed by atoms with van der Waals surface area (Å²) in [6, 6.07) is 8.13. The maximum absolute atomic E-state index is 12.4. The highest BCUT2D eigenvalue weighted by atomic mass is 32.1. The quantitative estimate of drug-likeness (QED) is 0.517. The van der Waals surface area contributed by atoms with Crippen LogP contribution in [-0.2, 0) is 29.2 Å². The fourth-order valence-electron chi connectivity index (χ4n) is 3.65. The Morgan fingerprint density at radius 1 is 1.19 bits per heavy atom. The Labute approximate surface area is 191 Å². The topological polar surface area (TPSA) is 98.1 Å². The Morgan fingerprint density at radius 3 is 2.75 bits per heavy atom. The summed E-state index contributed by atoms with van der Waals surface area (Å²) >= 11 is 1.47. The van der Waals surface area contributed by atoms with Gasteiger partial charge in [-0.1, -0.05) is 30.5 Å². The molecule has 0 bridgehead atoms. The number of thiazole rings is 1. The number of hydrogen-bond donors (Lipinski definition) is 2. The second-order valence-electron chi connectivity index (χ2n) is 8.03. The highest BCUT2D eigenvalue weighted by Gasteiger charge is 2.17. The van der Waals surface area contributed by atoms with Gasteiger partial charge in [0.25, 0.3) is 0 Å². The van der Waals surface area contributed by atoms with Crippen LogP contribution in [-0.4, -0.2) is 32.6 Å². The molecule has 0 atom stereocenters. The van der Waals surface area contributed by atoms with Crippen molar-refractivity contribution in [1.82, 2.24) is 20.1 Å². The lowest BCUT2D eigenvalue weighted by molar-refractivity contribution is -0.122. The molecule has 3 aromatic rings. The Balaban J connectivity index is 1.21. The Bertz CT molecular complexity index is 1050. The van der Waals surface area contributed by atoms with E-state index in [4.69, 9.17) is 4.74 Å². The van der Waals surface area contributed by atoms with Gasteiger partial charge in [0.15, 0.2) is 0 Å². The normalized spacial score (nSPS) is 13.8. The van der Waals surface area contributed by atoms with E-state index in [1.54, 1.807) is 12.4 Å². The molecule has 4 rings (SSSR count). The van der Waals surface area contributed by atoms with Crippen molar-refractivity contribution in [2.75, 3.05) is 5.32 Å². The number of nitrogens with one attached hydrogen (secondary N) is 2. The molecule has 2 N–H and O–H groups in total. The molecule has 0 saturated heterocycles. The van der Waals surface area contributed by atoms with Crippen molar-refractivity contribution < 1.29 is 14.3 Å². The molecule has 0 aliphatic heterocycles. The minimum absolute atomic E-state index is 0.0549. The molecule has 0 radical (unpaired) electrons. The van der Waals surface area contributed by atoms with Crippen LogP contribution in [0.2, 0.25) is 0 Å². The average Bonchev–Trinajstić information content (AvgIpc) is 3.51. The van der Waals surface area contributed by atoms with Crippen LogP contribution in [0.5, 0.6) is 5.75 Å². The van der Waals surface area contributed by atoms with Gasteiger partial charge in [0.1, 0.15) is 23.9 Å². The molecule has 1 saturated carbocycles. The van der Waals surface area contributed by atoms with Gasteiger partial charge in [0, 0.05) is 17.6 Å². The highest BCUT2D eigenvalue weighted by Crippen LogP contribution is 2.18. The molecule has 0 spiro atoms. The van der Waals surface area contributed by atoms with Crippen molar-refractivity contribution in [3.05, 3.63) is 58.3 Å². The molecule has 0 unspecified atom stereocenters. The van der Waals surface area contributed by atoms with Crippen molar-refractivity contribution >= 4 is 28.8 Å². The number of hydrogen-bond acceptors (Lipinski definition) is 6. The van der Waals surface area contributed by atoms with Crippen LogP contribution in [0.3, 0.4) is 0 Å². The zero-order valence-corrected chi connectivity index (χ0v) is 18.9. The molecule has 2 amide bonds. The van der Waals surface area contributed by atoms with Crippen LogP contribution in [0.15, 0.2) is 42.0 Å². The molecule has 1 aliphatic carbocycles. The number of carbonyl (C=O) groups excluding carboxylic acids is 2. The fraction of sp³-hybridized carbons (Fsp3) is 0.391. The van der Waals surface area contributed by atoms with Gasteiger partial charge in [0.05, 0.1) is 24.0 Å². The lowest BCUT2D eigenvalue weighted by Gasteiger charge is -2.11. The predicted molar refractivity (Wildman–Crippen MR) is 123 cm³/mol. The number of aromatic nitrogens is 3. The summed E-state index contributed by atoms with van der Waals surface area (Å²) in [5.74, 6) is 0.552. The molecule has 32 heavy (non-hydrogen) atoms. The highest BCUT2D eigenvalue weighted by molar-refractivity contribution is 7.09. The first-order valence-electron chi connectivity index (χ1n) is 10.8. The second kappa shape index (κ2) is 10.4. The third-order valence-corrected chi connectivity index (χ3v) is 6.14. The summed E-state index contributed by atoms with van der Waals surface area (Å²) in [5.41, 5.74) is 2.43. The third kappa shape index (κ3) is 6.40. The second-order valence-corrected chi connectivity index (χ2v) is 8.98. The fourth-order valence-corrected chi connectivity index (χ4v) is 4.36. The van der Waals surface area contributed by atoms with Gasteiger partial charge >= 0.3 is 0 Å². The molecule has 2 heterocycles. The van der Waals surface area contributed by atoms with Gasteiger partial charge in [-0.3, -0.25) is 14.3 Å². The van der Waals surface area contributed by atoms with E-state index in [0.717, 1.165) is 23.6 Å². The van der Waals surface area contributed by atoms with Crippen LogP contribution < -0.4 is 15.4 Å². The lowest BCUT2D eigenvalue weighted by Crippen LogP contribution is -2.35. The zero-order valence-electron chi connectivity index (χ0n) is 18.0. The van der Waals surface area contributed by atoms with E-state index in [9.17, 15) is 9.59 Å². The van der Waals surface area contributed by atoms with E-state index in [0.29, 0.717) is 18.0 Å². The van der Waals surface area contributed by atoms with Gasteiger partial charge in [-0.2, -0.15) is 5.10 Å². The van der Waals surface area contributed by atoms with Crippen molar-refractivity contribution in [2.45, 2.75) is 58.2 Å². The standard InChI is InChI=1S/C23H27N5O3S/c1-16-6-8-20(9-7-16)31-14-23-27-18(15-32-23)10-21(29)26-19-11-24-28(12-19)13-22(30)25-17-4-2-3-5-17/h6-9,11-12,15,17H,2-5,10,13-14H2,1H3,(H,25,30)(H,26,29). The largest absolute Gasteiger partial charge is 0.486 e. The van der Waals surface area contributed by atoms with Gasteiger partial charge in [0.2, 0.25) is 11.8 Å². The maximum atomic E-state index is 12.4. The van der Waals surface area contributed by atoms with Crippen molar-refractivity contribution in [3.8, 4) is 5.75 Å². The minimum atomic E-state index is -0.184. The Hall–Kier alpha value is -3.20. The molecule has 1 aromatic carbocycles. The number of amides is 2. The first kappa shape index (κ1) is 22.0. The van der Waals surface area contributed by atoms with Gasteiger partial charge < -0.3 is 15.4 Å². The van der Waals surface area contributed by atoms with E-state index in [1.807, 2.05) is 36.6 Å². The Morgan fingerprint density at radius 2 is 1.97 bits per heavy atom. The molecule has 9 heteroatoms. The Kier molecular flexibility index (Phi) is 7.16. The van der Waals surface area contributed by atoms with Gasteiger partial charge in [-0.05, 0) is 31.9 Å². The molecule has 168 valence electrons. The molecule has 1 fully saturated rings. The number of carbonyl (C=O) groups is 2. The first-order valence-corrected chi connectivity index (χ1v) is 11.7. The van der Waals surface area contributed by atoms with Crippen LogP contribution in [0.4, 0.5) is 5.69 Å². The molecular weight excluding hydrogens is 426 g/mol. The van der Waals surface area contributed by atoms with E-state index in [1.165, 1.54) is 34.4 Å². The first-order chi connectivity index (χ1) is 15.5. The van der Waals surface area contributed by atoms with E-state index >= 15 is 0 Å². The average molecular weight is 454 g/mol. The zero-order chi connectivity index (χ0) is 22.3. The summed E-state index contributed by atoms with van der Waals surface area (Å²) in [6.07, 6.45) is 7.79. The summed E-state index contributed by atoms with van der Waals surface area (Å²) < 4.78 is 7.27. The number of benzene rings is 1.